The maximum Gasteiger partial charge on any atom is 0.494 e. The molecule has 9 aromatic rings. The van der Waals surface area contributed by atoms with E-state index in [1.165, 1.54) is 89.3 Å². The number of fused-ring (bicyclic) bond motifs is 6. The van der Waals surface area contributed by atoms with Crippen LogP contribution in [0, 0.1) is 27.7 Å². The summed E-state index contributed by atoms with van der Waals surface area (Å²) in [6.45, 7) is 34.4. The lowest BCUT2D eigenvalue weighted by molar-refractivity contribution is 0.365. The zero-order valence-corrected chi connectivity index (χ0v) is 59.5. The highest BCUT2D eigenvalue weighted by Gasteiger charge is 2.40. The normalized spacial score (nSPS) is 15.2. The molecular formula is C76H78B2Br4N2O4. The van der Waals surface area contributed by atoms with E-state index in [4.69, 9.17) is 18.6 Å². The van der Waals surface area contributed by atoms with Gasteiger partial charge in [0.2, 0.25) is 0 Å². The van der Waals surface area contributed by atoms with Crippen molar-refractivity contribution >= 4 is 123 Å². The summed E-state index contributed by atoms with van der Waals surface area (Å²) in [5.74, 6) is 0. The van der Waals surface area contributed by atoms with E-state index in [1.807, 2.05) is 0 Å². The summed E-state index contributed by atoms with van der Waals surface area (Å²) < 4.78 is 27.1. The number of benzene rings is 9. The molecule has 2 fully saturated rings. The summed E-state index contributed by atoms with van der Waals surface area (Å²) in [4.78, 5) is 4.79. The zero-order chi connectivity index (χ0) is 62.8. The molecule has 450 valence electrons. The first-order chi connectivity index (χ1) is 41.7. The third-order valence-electron chi connectivity index (χ3n) is 17.8. The van der Waals surface area contributed by atoms with Crippen molar-refractivity contribution in [2.75, 3.05) is 36.2 Å². The van der Waals surface area contributed by atoms with Gasteiger partial charge in [-0.25, -0.2) is 0 Å². The molecule has 9 aromatic carbocycles. The van der Waals surface area contributed by atoms with Crippen LogP contribution in [0.2, 0.25) is 0 Å². The predicted octanol–water partition coefficient (Wildman–Crippen LogP) is 21.0. The SMILES string of the molecule is CC1(C)c2cc(B3OCCO3)ccc2-c2ccc(B3OCCO3)cc21.CC1(C)c2cc(Br)ccc2-c2ccc(Br)cc21.Cc1cc(C(C)(C)C)cc(C)c1N(c1ccc(Br)cc1)c1ccc(N(c2ccc(Br)cc2)c2c(C)cc(C(C)(C)C)cc2C)cc1. The number of rotatable bonds is 8. The van der Waals surface area contributed by atoms with E-state index in [0.717, 1.165) is 51.6 Å². The highest BCUT2D eigenvalue weighted by molar-refractivity contribution is 9.11. The first-order valence-corrected chi connectivity index (χ1v) is 33.7. The molecule has 6 nitrogen and oxygen atoms in total. The smallest absolute Gasteiger partial charge is 0.405 e. The molecule has 2 aliphatic carbocycles. The van der Waals surface area contributed by atoms with Crippen LogP contribution in [-0.4, -0.2) is 40.7 Å². The molecule has 4 aliphatic rings. The van der Waals surface area contributed by atoms with E-state index >= 15 is 0 Å². The van der Waals surface area contributed by atoms with Gasteiger partial charge in [-0.05, 0) is 224 Å². The largest absolute Gasteiger partial charge is 0.494 e. The van der Waals surface area contributed by atoms with Crippen LogP contribution in [0.25, 0.3) is 22.3 Å². The molecule has 2 aliphatic heterocycles. The fourth-order valence-corrected chi connectivity index (χ4v) is 14.3. The van der Waals surface area contributed by atoms with Crippen molar-refractivity contribution in [2.45, 2.75) is 119 Å². The lowest BCUT2D eigenvalue weighted by Crippen LogP contribution is -2.33. The van der Waals surface area contributed by atoms with E-state index in [0.29, 0.717) is 26.4 Å². The fourth-order valence-electron chi connectivity index (χ4n) is 13.1. The summed E-state index contributed by atoms with van der Waals surface area (Å²) in [6.07, 6.45) is 0. The second kappa shape index (κ2) is 25.3. The minimum Gasteiger partial charge on any atom is -0.405 e. The van der Waals surface area contributed by atoms with Gasteiger partial charge in [-0.3, -0.25) is 0 Å². The Bertz CT molecular complexity index is 3760. The molecule has 0 saturated carbocycles. The summed E-state index contributed by atoms with van der Waals surface area (Å²) in [7, 11) is -0.471. The van der Waals surface area contributed by atoms with Crippen molar-refractivity contribution in [3.05, 3.63) is 243 Å². The lowest BCUT2D eigenvalue weighted by atomic mass is 9.73. The number of anilines is 6. The van der Waals surface area contributed by atoms with E-state index in [-0.39, 0.29) is 35.9 Å². The van der Waals surface area contributed by atoms with Gasteiger partial charge in [-0.1, -0.05) is 206 Å². The fraction of sp³-hybridized carbons (Fsp3) is 0.289. The summed E-state index contributed by atoms with van der Waals surface area (Å²) in [5, 5.41) is 0. The zero-order valence-electron chi connectivity index (χ0n) is 53.2. The van der Waals surface area contributed by atoms with Gasteiger partial charge in [0.1, 0.15) is 0 Å². The molecule has 0 unspecified atom stereocenters. The Labute approximate surface area is 557 Å². The average molecular weight is 1420 g/mol. The van der Waals surface area contributed by atoms with Gasteiger partial charge < -0.3 is 28.4 Å². The summed E-state index contributed by atoms with van der Waals surface area (Å²) >= 11 is 14.4. The molecule has 0 N–H and O–H groups in total. The van der Waals surface area contributed by atoms with Gasteiger partial charge in [0, 0.05) is 51.5 Å². The van der Waals surface area contributed by atoms with Crippen molar-refractivity contribution in [2.24, 2.45) is 0 Å². The first-order valence-electron chi connectivity index (χ1n) is 30.5. The molecule has 13 rings (SSSR count). The van der Waals surface area contributed by atoms with Gasteiger partial charge in [-0.15, -0.1) is 0 Å². The van der Waals surface area contributed by atoms with Crippen LogP contribution in [0.1, 0.15) is 125 Å². The number of hydrogen-bond donors (Lipinski definition) is 0. The quantitative estimate of drug-likeness (QED) is 0.141. The Hall–Kier alpha value is -5.53. The molecule has 88 heavy (non-hydrogen) atoms. The van der Waals surface area contributed by atoms with E-state index in [9.17, 15) is 0 Å². The Morgan fingerprint density at radius 2 is 0.591 bits per heavy atom. The van der Waals surface area contributed by atoms with E-state index in [1.54, 1.807) is 0 Å². The molecule has 0 atom stereocenters. The van der Waals surface area contributed by atoms with Gasteiger partial charge in [0.05, 0.1) is 37.8 Å². The topological polar surface area (TPSA) is 43.4 Å². The highest BCUT2D eigenvalue weighted by Crippen LogP contribution is 2.51. The van der Waals surface area contributed by atoms with Gasteiger partial charge in [0.15, 0.2) is 0 Å². The minimum absolute atomic E-state index is 0.0755. The third-order valence-corrected chi connectivity index (χ3v) is 19.9. The van der Waals surface area contributed by atoms with Crippen LogP contribution in [0.4, 0.5) is 34.1 Å². The third kappa shape index (κ3) is 12.9. The predicted molar refractivity (Wildman–Crippen MR) is 386 cm³/mol. The molecule has 0 radical (unpaired) electrons. The van der Waals surface area contributed by atoms with Crippen molar-refractivity contribution < 1.29 is 18.6 Å². The number of hydrogen-bond acceptors (Lipinski definition) is 6. The molecule has 0 spiro atoms. The van der Waals surface area contributed by atoms with Crippen molar-refractivity contribution in [3.8, 4) is 22.3 Å². The molecule has 2 saturated heterocycles. The summed E-state index contributed by atoms with van der Waals surface area (Å²) in [6, 6.07) is 61.9. The molecule has 0 bridgehead atoms. The van der Waals surface area contributed by atoms with Gasteiger partial charge >= 0.3 is 14.2 Å². The minimum atomic E-state index is -0.235. The monoisotopic (exact) mass is 1420 g/mol. The Balaban J connectivity index is 0.000000157. The van der Waals surface area contributed by atoms with Crippen molar-refractivity contribution in [3.63, 3.8) is 0 Å². The lowest BCUT2D eigenvalue weighted by Gasteiger charge is -2.32. The van der Waals surface area contributed by atoms with Crippen molar-refractivity contribution in [1.82, 2.24) is 0 Å². The number of halogens is 4. The van der Waals surface area contributed by atoms with Crippen LogP contribution in [-0.2, 0) is 40.3 Å². The maximum absolute atomic E-state index is 5.68. The van der Waals surface area contributed by atoms with E-state index < -0.39 is 0 Å². The number of nitrogens with zero attached hydrogens (tertiary/aromatic N) is 2. The standard InChI is InChI=1S/C42H46Br2N2.C19H20B2O4.C15H12Br2/c1-27-23-31(41(5,6)7)24-28(2)39(27)45(35-15-11-33(43)12-16-35)37-19-21-38(22-20-37)46(36-17-13-34(44)14-18-36)40-29(3)25-32(26-30(40)4)42(8,9)10;1-19(2)17-11-13(20-22-7-8-23-20)3-5-15(17)16-6-4-14(12-18(16)19)21-24-9-10-25-21;1-15(2)13-7-9(16)3-5-11(13)12-6-4-10(17)8-14(12)15/h11-26H,1-10H3;3-6,11-12H,7-10H2,1-2H3;3-8H,1-2H3. The van der Waals surface area contributed by atoms with Gasteiger partial charge in [-0.2, -0.15) is 0 Å². The maximum atomic E-state index is 5.68. The number of aryl methyl sites for hydroxylation is 4. The summed E-state index contributed by atoms with van der Waals surface area (Å²) in [5.41, 5.74) is 27.8. The Kier molecular flexibility index (Phi) is 18.4. The molecule has 2 heterocycles. The Morgan fingerprint density at radius 3 is 0.875 bits per heavy atom. The molecule has 0 aromatic heterocycles. The second-order valence-electron chi connectivity index (χ2n) is 26.9. The Morgan fingerprint density at radius 1 is 0.341 bits per heavy atom. The van der Waals surface area contributed by atoms with Crippen LogP contribution < -0.4 is 20.7 Å². The highest BCUT2D eigenvalue weighted by atomic mass is 79.9. The molecular weight excluding hydrogens is 1350 g/mol. The van der Waals surface area contributed by atoms with Crippen LogP contribution >= 0.6 is 63.7 Å². The average Bonchev–Trinajstić information content (AvgIpc) is 1.63. The van der Waals surface area contributed by atoms with Crippen LogP contribution in [0.3, 0.4) is 0 Å². The molecule has 0 amide bonds. The second-order valence-corrected chi connectivity index (χ2v) is 30.6. The van der Waals surface area contributed by atoms with Crippen LogP contribution in [0.15, 0.2) is 188 Å². The van der Waals surface area contributed by atoms with Crippen LogP contribution in [0.5, 0.6) is 0 Å². The van der Waals surface area contributed by atoms with Gasteiger partial charge in [0.25, 0.3) is 0 Å². The van der Waals surface area contributed by atoms with E-state index in [2.05, 4.69) is 340 Å². The van der Waals surface area contributed by atoms with Crippen molar-refractivity contribution in [1.29, 1.82) is 0 Å². The first kappa shape index (κ1) is 64.0. The molecule has 12 heteroatoms.